The molecule has 0 bridgehead atoms. The van der Waals surface area contributed by atoms with E-state index in [0.717, 1.165) is 5.69 Å². The molecule has 0 saturated heterocycles. The van der Waals surface area contributed by atoms with Gasteiger partial charge in [-0.15, -0.1) is 24.8 Å². The first kappa shape index (κ1) is 23.5. The molecule has 142 valence electrons. The van der Waals surface area contributed by atoms with Gasteiger partial charge in [0, 0.05) is 32.1 Å². The molecular weight excluding hydrogens is 363 g/mol. The molecule has 0 radical (unpaired) electrons. The molecule has 25 heavy (non-hydrogen) atoms. The number of nitrogens with zero attached hydrogens (tertiary/aromatic N) is 1. The van der Waals surface area contributed by atoms with Crippen LogP contribution in [0.25, 0.3) is 0 Å². The lowest BCUT2D eigenvalue weighted by Crippen LogP contribution is -2.55. The predicted octanol–water partition coefficient (Wildman–Crippen LogP) is 2.41. The molecule has 2 amide bonds. The highest BCUT2D eigenvalue weighted by Gasteiger charge is 2.29. The molecule has 1 atom stereocenters. The molecule has 0 spiro atoms. The molecule has 4 N–H and O–H groups in total. The van der Waals surface area contributed by atoms with E-state index < -0.39 is 5.54 Å². The smallest absolute Gasteiger partial charge is 0.251 e. The first-order valence-electron chi connectivity index (χ1n) is 7.94. The molecule has 1 heterocycles. The van der Waals surface area contributed by atoms with Crippen molar-refractivity contribution in [3.05, 3.63) is 23.8 Å². The van der Waals surface area contributed by atoms with Crippen LogP contribution in [0.3, 0.4) is 0 Å². The molecular formula is C17H28Cl2N4O2. The summed E-state index contributed by atoms with van der Waals surface area (Å²) >= 11 is 0. The summed E-state index contributed by atoms with van der Waals surface area (Å²) in [6.07, 6.45) is 0.436. The Morgan fingerprint density at radius 3 is 2.60 bits per heavy atom. The highest BCUT2D eigenvalue weighted by atomic mass is 35.5. The normalized spacial score (nSPS) is 15.8. The van der Waals surface area contributed by atoms with Crippen LogP contribution in [0.15, 0.2) is 18.2 Å². The van der Waals surface area contributed by atoms with Crippen LogP contribution < -0.4 is 21.3 Å². The number of nitrogens with two attached hydrogens (primary N) is 1. The first-order valence-corrected chi connectivity index (χ1v) is 7.94. The Hall–Kier alpha value is -1.50. The summed E-state index contributed by atoms with van der Waals surface area (Å²) < 4.78 is 0. The van der Waals surface area contributed by atoms with Crippen molar-refractivity contribution >= 4 is 48.0 Å². The molecule has 1 aromatic carbocycles. The third kappa shape index (κ3) is 5.23. The number of fused-ring (bicyclic) bond motifs is 1. The van der Waals surface area contributed by atoms with Gasteiger partial charge in [-0.1, -0.05) is 13.8 Å². The Balaban J connectivity index is 0.00000288. The van der Waals surface area contributed by atoms with E-state index in [9.17, 15) is 9.59 Å². The van der Waals surface area contributed by atoms with Gasteiger partial charge in [0.05, 0.1) is 16.9 Å². The number of amides is 2. The van der Waals surface area contributed by atoms with E-state index in [0.29, 0.717) is 30.8 Å². The summed E-state index contributed by atoms with van der Waals surface area (Å²) in [5.41, 5.74) is 7.45. The topological polar surface area (TPSA) is 87.5 Å². The van der Waals surface area contributed by atoms with Crippen LogP contribution in [0.5, 0.6) is 0 Å². The highest BCUT2D eigenvalue weighted by molar-refractivity contribution is 6.01. The maximum absolute atomic E-state index is 12.6. The number of anilines is 2. The monoisotopic (exact) mass is 390 g/mol. The van der Waals surface area contributed by atoms with E-state index in [1.807, 2.05) is 38.8 Å². The number of carbonyl (C=O) groups is 2. The predicted molar refractivity (Wildman–Crippen MR) is 107 cm³/mol. The third-order valence-electron chi connectivity index (χ3n) is 4.72. The molecule has 6 nitrogen and oxygen atoms in total. The number of benzene rings is 1. The lowest BCUT2D eigenvalue weighted by Gasteiger charge is -2.33. The maximum atomic E-state index is 12.6. The van der Waals surface area contributed by atoms with Crippen LogP contribution in [-0.2, 0) is 4.79 Å². The number of hydrogen-bond acceptors (Lipinski definition) is 4. The van der Waals surface area contributed by atoms with Gasteiger partial charge in [-0.25, -0.2) is 0 Å². The van der Waals surface area contributed by atoms with Gasteiger partial charge in [-0.05, 0) is 31.0 Å². The molecule has 1 unspecified atom stereocenters. The summed E-state index contributed by atoms with van der Waals surface area (Å²) in [6.45, 7) is 7.01. The standard InChI is InChI=1S/C17H26N4O2.2ClH/c1-11(2)17(3,10-18)20-16(23)12-5-6-14-13(9-12)19-15(22)7-8-21(14)4;;/h5-6,9,11H,7-8,10,18H2,1-4H3,(H,19,22)(H,20,23);2*1H. The van der Waals surface area contributed by atoms with Gasteiger partial charge in [0.1, 0.15) is 0 Å². The molecule has 0 aliphatic carbocycles. The van der Waals surface area contributed by atoms with Crippen molar-refractivity contribution in [3.8, 4) is 0 Å². The lowest BCUT2D eigenvalue weighted by atomic mass is 9.88. The van der Waals surface area contributed by atoms with E-state index >= 15 is 0 Å². The van der Waals surface area contributed by atoms with Gasteiger partial charge in [0.2, 0.25) is 5.91 Å². The van der Waals surface area contributed by atoms with Gasteiger partial charge < -0.3 is 21.3 Å². The minimum Gasteiger partial charge on any atom is -0.372 e. The SMILES string of the molecule is CC(C)C(C)(CN)NC(=O)c1ccc2c(c1)NC(=O)CCN2C.Cl.Cl. The number of hydrogen-bond donors (Lipinski definition) is 3. The Kier molecular flexibility index (Phi) is 8.71. The Labute approximate surface area is 161 Å². The van der Waals surface area contributed by atoms with Crippen LogP contribution >= 0.6 is 24.8 Å². The van der Waals surface area contributed by atoms with Gasteiger partial charge in [0.25, 0.3) is 5.91 Å². The second kappa shape index (κ2) is 9.27. The van der Waals surface area contributed by atoms with Crippen molar-refractivity contribution in [2.75, 3.05) is 30.4 Å². The quantitative estimate of drug-likeness (QED) is 0.736. The largest absolute Gasteiger partial charge is 0.372 e. The number of rotatable bonds is 4. The van der Waals surface area contributed by atoms with Crippen molar-refractivity contribution in [2.24, 2.45) is 11.7 Å². The zero-order valence-electron chi connectivity index (χ0n) is 15.1. The average Bonchev–Trinajstić information content (AvgIpc) is 2.65. The van der Waals surface area contributed by atoms with Crippen LogP contribution in [0, 0.1) is 5.92 Å². The molecule has 2 rings (SSSR count). The summed E-state index contributed by atoms with van der Waals surface area (Å²) in [7, 11) is 1.93. The fraction of sp³-hybridized carbons (Fsp3) is 0.529. The van der Waals surface area contributed by atoms with Crippen molar-refractivity contribution < 1.29 is 9.59 Å². The third-order valence-corrected chi connectivity index (χ3v) is 4.72. The van der Waals surface area contributed by atoms with E-state index in [4.69, 9.17) is 5.73 Å². The maximum Gasteiger partial charge on any atom is 0.251 e. The average molecular weight is 391 g/mol. The van der Waals surface area contributed by atoms with Crippen LogP contribution in [0.4, 0.5) is 11.4 Å². The number of carbonyl (C=O) groups excluding carboxylic acids is 2. The first-order chi connectivity index (χ1) is 10.8. The summed E-state index contributed by atoms with van der Waals surface area (Å²) in [5, 5.41) is 5.88. The molecule has 0 aromatic heterocycles. The Morgan fingerprint density at radius 2 is 2.04 bits per heavy atom. The van der Waals surface area contributed by atoms with E-state index in [1.165, 1.54) is 0 Å². The molecule has 0 fully saturated rings. The van der Waals surface area contributed by atoms with Crippen LogP contribution in [0.1, 0.15) is 37.6 Å². The lowest BCUT2D eigenvalue weighted by molar-refractivity contribution is -0.115. The minimum atomic E-state index is -0.468. The number of halogens is 2. The second-order valence-corrected chi connectivity index (χ2v) is 6.68. The van der Waals surface area contributed by atoms with E-state index in [1.54, 1.807) is 12.1 Å². The van der Waals surface area contributed by atoms with Crippen LogP contribution in [-0.4, -0.2) is 37.5 Å². The summed E-state index contributed by atoms with van der Waals surface area (Å²) in [5.74, 6) is -0.0131. The Morgan fingerprint density at radius 1 is 1.40 bits per heavy atom. The number of nitrogens with one attached hydrogen (secondary N) is 2. The minimum absolute atomic E-state index is 0. The summed E-state index contributed by atoms with van der Waals surface area (Å²) in [4.78, 5) is 26.4. The summed E-state index contributed by atoms with van der Waals surface area (Å²) in [6, 6.07) is 5.37. The highest BCUT2D eigenvalue weighted by Crippen LogP contribution is 2.29. The van der Waals surface area contributed by atoms with Crippen molar-refractivity contribution in [1.82, 2.24) is 5.32 Å². The second-order valence-electron chi connectivity index (χ2n) is 6.68. The fourth-order valence-electron chi connectivity index (χ4n) is 2.48. The van der Waals surface area contributed by atoms with Crippen LogP contribution in [0.2, 0.25) is 0 Å². The van der Waals surface area contributed by atoms with Crippen molar-refractivity contribution in [1.29, 1.82) is 0 Å². The van der Waals surface area contributed by atoms with Gasteiger partial charge in [0.15, 0.2) is 0 Å². The molecule has 1 aliphatic rings. The Bertz CT molecular complexity index is 625. The zero-order valence-corrected chi connectivity index (χ0v) is 16.7. The molecule has 1 aromatic rings. The molecule has 1 aliphatic heterocycles. The van der Waals surface area contributed by atoms with Crippen molar-refractivity contribution in [2.45, 2.75) is 32.7 Å². The van der Waals surface area contributed by atoms with Crippen molar-refractivity contribution in [3.63, 3.8) is 0 Å². The van der Waals surface area contributed by atoms with E-state index in [2.05, 4.69) is 10.6 Å². The van der Waals surface area contributed by atoms with Gasteiger partial charge in [-0.3, -0.25) is 9.59 Å². The van der Waals surface area contributed by atoms with E-state index in [-0.39, 0.29) is 42.5 Å². The van der Waals surface area contributed by atoms with Gasteiger partial charge in [-0.2, -0.15) is 0 Å². The van der Waals surface area contributed by atoms with Gasteiger partial charge >= 0.3 is 0 Å². The molecule has 0 saturated carbocycles. The fourth-order valence-corrected chi connectivity index (χ4v) is 2.48. The molecule has 8 heteroatoms. The zero-order chi connectivity index (χ0) is 17.2.